The Hall–Kier alpha value is -0.860. The lowest BCUT2D eigenvalue weighted by molar-refractivity contribution is -0.0768. The van der Waals surface area contributed by atoms with Crippen LogP contribution in [-0.4, -0.2) is 23.4 Å². The maximum Gasteiger partial charge on any atom is 0.0916 e. The Kier molecular flexibility index (Phi) is 3.55. The quantitative estimate of drug-likeness (QED) is 0.871. The molecule has 1 N–H and O–H groups in total. The fourth-order valence-electron chi connectivity index (χ4n) is 2.64. The average Bonchev–Trinajstić information content (AvgIpc) is 2.72. The van der Waals surface area contributed by atoms with Gasteiger partial charge in [0.1, 0.15) is 0 Å². The summed E-state index contributed by atoms with van der Waals surface area (Å²) in [6, 6.07) is 6.27. The molecule has 2 unspecified atom stereocenters. The molecule has 1 saturated heterocycles. The second-order valence-corrected chi connectivity index (χ2v) is 5.35. The Bertz CT molecular complexity index is 372. The van der Waals surface area contributed by atoms with Crippen molar-refractivity contribution >= 4 is 0 Å². The molecule has 1 aliphatic rings. The third-order valence-electron chi connectivity index (χ3n) is 4.00. The number of hydrogen-bond acceptors (Lipinski definition) is 2. The van der Waals surface area contributed by atoms with Gasteiger partial charge >= 0.3 is 0 Å². The highest BCUT2D eigenvalue weighted by molar-refractivity contribution is 5.34. The first-order chi connectivity index (χ1) is 8.03. The first kappa shape index (κ1) is 12.6. The van der Waals surface area contributed by atoms with Crippen molar-refractivity contribution in [2.45, 2.75) is 51.7 Å². The summed E-state index contributed by atoms with van der Waals surface area (Å²) in [4.78, 5) is 0. The van der Waals surface area contributed by atoms with Gasteiger partial charge in [-0.05, 0) is 50.3 Å². The Balaban J connectivity index is 2.15. The molecule has 0 radical (unpaired) electrons. The number of rotatable bonds is 3. The lowest BCUT2D eigenvalue weighted by atomic mass is 9.88. The van der Waals surface area contributed by atoms with Crippen LogP contribution in [-0.2, 0) is 11.2 Å². The van der Waals surface area contributed by atoms with Crippen LogP contribution in [0.15, 0.2) is 18.2 Å². The van der Waals surface area contributed by atoms with Crippen molar-refractivity contribution in [1.82, 2.24) is 0 Å². The number of ether oxygens (including phenoxy) is 1. The fourth-order valence-corrected chi connectivity index (χ4v) is 2.64. The minimum atomic E-state index is -0.412. The van der Waals surface area contributed by atoms with E-state index in [0.29, 0.717) is 6.42 Å². The Morgan fingerprint density at radius 1 is 1.35 bits per heavy atom. The van der Waals surface area contributed by atoms with Crippen molar-refractivity contribution < 1.29 is 9.84 Å². The minimum absolute atomic E-state index is 0.352. The highest BCUT2D eigenvalue weighted by Crippen LogP contribution is 2.31. The summed E-state index contributed by atoms with van der Waals surface area (Å²) in [6.07, 6.45) is 2.29. The van der Waals surface area contributed by atoms with Gasteiger partial charge in [0.25, 0.3) is 0 Å². The van der Waals surface area contributed by atoms with E-state index in [0.717, 1.165) is 19.4 Å². The van der Waals surface area contributed by atoms with E-state index in [4.69, 9.17) is 4.74 Å². The van der Waals surface area contributed by atoms with Crippen LogP contribution in [0.2, 0.25) is 0 Å². The summed E-state index contributed by atoms with van der Waals surface area (Å²) in [6.45, 7) is 7.01. The Morgan fingerprint density at radius 2 is 2.00 bits per heavy atom. The van der Waals surface area contributed by atoms with Gasteiger partial charge in [0, 0.05) is 13.0 Å². The molecule has 0 amide bonds. The lowest BCUT2D eigenvalue weighted by Crippen LogP contribution is -2.40. The van der Waals surface area contributed by atoms with Crippen LogP contribution < -0.4 is 0 Å². The van der Waals surface area contributed by atoms with Gasteiger partial charge in [-0.2, -0.15) is 0 Å². The molecule has 1 heterocycles. The van der Waals surface area contributed by atoms with Crippen LogP contribution in [0.1, 0.15) is 36.5 Å². The third kappa shape index (κ3) is 2.53. The van der Waals surface area contributed by atoms with Crippen molar-refractivity contribution in [2.75, 3.05) is 6.61 Å². The van der Waals surface area contributed by atoms with Gasteiger partial charge in [-0.15, -0.1) is 0 Å². The summed E-state index contributed by atoms with van der Waals surface area (Å²) < 4.78 is 5.70. The summed E-state index contributed by atoms with van der Waals surface area (Å²) in [5, 5.41) is 10.4. The van der Waals surface area contributed by atoms with Gasteiger partial charge in [-0.1, -0.05) is 18.2 Å². The average molecular weight is 234 g/mol. The molecule has 0 aromatic heterocycles. The first-order valence-corrected chi connectivity index (χ1v) is 6.40. The maximum atomic E-state index is 10.4. The molecular formula is C15H22O2. The predicted molar refractivity (Wildman–Crippen MR) is 69.2 cm³/mol. The first-order valence-electron chi connectivity index (χ1n) is 6.40. The van der Waals surface area contributed by atoms with E-state index in [9.17, 15) is 5.11 Å². The zero-order chi connectivity index (χ0) is 12.5. The standard InChI is InChI=1S/C15H22O2/c1-11-6-4-7-12(2)13(11)10-14(16)15(3)8-5-9-17-15/h4,6-7,14,16H,5,8-10H2,1-3H3. The van der Waals surface area contributed by atoms with Gasteiger partial charge in [0.2, 0.25) is 0 Å². The minimum Gasteiger partial charge on any atom is -0.390 e. The molecule has 0 aliphatic carbocycles. The van der Waals surface area contributed by atoms with Gasteiger partial charge < -0.3 is 9.84 Å². The zero-order valence-electron chi connectivity index (χ0n) is 11.0. The molecule has 94 valence electrons. The lowest BCUT2D eigenvalue weighted by Gasteiger charge is -2.30. The molecule has 2 rings (SSSR count). The van der Waals surface area contributed by atoms with E-state index >= 15 is 0 Å². The molecule has 0 spiro atoms. The monoisotopic (exact) mass is 234 g/mol. The van der Waals surface area contributed by atoms with Crippen molar-refractivity contribution in [3.8, 4) is 0 Å². The number of hydrogen-bond donors (Lipinski definition) is 1. The van der Waals surface area contributed by atoms with E-state index in [-0.39, 0.29) is 5.60 Å². The van der Waals surface area contributed by atoms with Crippen LogP contribution in [0.5, 0.6) is 0 Å². The van der Waals surface area contributed by atoms with Gasteiger partial charge in [0.05, 0.1) is 11.7 Å². The van der Waals surface area contributed by atoms with Crippen molar-refractivity contribution in [3.63, 3.8) is 0 Å². The molecule has 0 bridgehead atoms. The zero-order valence-corrected chi connectivity index (χ0v) is 11.0. The van der Waals surface area contributed by atoms with Crippen LogP contribution in [0.3, 0.4) is 0 Å². The maximum absolute atomic E-state index is 10.4. The summed E-state index contributed by atoms with van der Waals surface area (Å²) in [7, 11) is 0. The number of aliphatic hydroxyl groups excluding tert-OH is 1. The second kappa shape index (κ2) is 4.79. The van der Waals surface area contributed by atoms with E-state index in [1.807, 2.05) is 6.92 Å². The molecule has 1 aromatic carbocycles. The third-order valence-corrected chi connectivity index (χ3v) is 4.00. The molecule has 1 fully saturated rings. The molecule has 0 saturated carbocycles. The smallest absolute Gasteiger partial charge is 0.0916 e. The molecule has 17 heavy (non-hydrogen) atoms. The fraction of sp³-hybridized carbons (Fsp3) is 0.600. The topological polar surface area (TPSA) is 29.5 Å². The highest BCUT2D eigenvalue weighted by Gasteiger charge is 2.37. The molecule has 2 atom stereocenters. The van der Waals surface area contributed by atoms with Crippen molar-refractivity contribution in [2.24, 2.45) is 0 Å². The molecule has 1 aromatic rings. The van der Waals surface area contributed by atoms with Crippen LogP contribution in [0, 0.1) is 13.8 Å². The predicted octanol–water partition coefficient (Wildman–Crippen LogP) is 2.78. The molecule has 1 aliphatic heterocycles. The van der Waals surface area contributed by atoms with E-state index < -0.39 is 6.10 Å². The highest BCUT2D eigenvalue weighted by atomic mass is 16.5. The van der Waals surface area contributed by atoms with Gasteiger partial charge in [0.15, 0.2) is 0 Å². The van der Waals surface area contributed by atoms with Crippen LogP contribution >= 0.6 is 0 Å². The van der Waals surface area contributed by atoms with Gasteiger partial charge in [-0.3, -0.25) is 0 Å². The van der Waals surface area contributed by atoms with Gasteiger partial charge in [-0.25, -0.2) is 0 Å². The van der Waals surface area contributed by atoms with Crippen molar-refractivity contribution in [1.29, 1.82) is 0 Å². The molecule has 2 heteroatoms. The Morgan fingerprint density at radius 3 is 2.53 bits per heavy atom. The summed E-state index contributed by atoms with van der Waals surface area (Å²) in [5.41, 5.74) is 3.42. The summed E-state index contributed by atoms with van der Waals surface area (Å²) in [5.74, 6) is 0. The van der Waals surface area contributed by atoms with Crippen molar-refractivity contribution in [3.05, 3.63) is 34.9 Å². The SMILES string of the molecule is Cc1cccc(C)c1CC(O)C1(C)CCCO1. The Labute approximate surface area is 104 Å². The second-order valence-electron chi connectivity index (χ2n) is 5.35. The molecular weight excluding hydrogens is 212 g/mol. The van der Waals surface area contributed by atoms with E-state index in [2.05, 4.69) is 32.0 Å². The van der Waals surface area contributed by atoms with Crippen LogP contribution in [0.4, 0.5) is 0 Å². The van der Waals surface area contributed by atoms with E-state index in [1.165, 1.54) is 16.7 Å². The summed E-state index contributed by atoms with van der Waals surface area (Å²) >= 11 is 0. The number of aryl methyl sites for hydroxylation is 2. The van der Waals surface area contributed by atoms with E-state index in [1.54, 1.807) is 0 Å². The number of benzene rings is 1. The number of aliphatic hydroxyl groups is 1. The molecule has 2 nitrogen and oxygen atoms in total. The normalized spacial score (nSPS) is 26.1. The largest absolute Gasteiger partial charge is 0.390 e. The van der Waals surface area contributed by atoms with Crippen LogP contribution in [0.25, 0.3) is 0 Å².